The predicted molar refractivity (Wildman–Crippen MR) is 53.6 cm³/mol. The predicted octanol–water partition coefficient (Wildman–Crippen LogP) is 3.20. The Morgan fingerprint density at radius 3 is 2.92 bits per heavy atom. The zero-order valence-electron chi connectivity index (χ0n) is 7.77. The second kappa shape index (κ2) is 2.98. The van der Waals surface area contributed by atoms with Crippen molar-refractivity contribution in [2.45, 2.75) is 32.6 Å². The van der Waals surface area contributed by atoms with Crippen LogP contribution in [0.2, 0.25) is 0 Å². The van der Waals surface area contributed by atoms with Gasteiger partial charge in [-0.25, -0.2) is 0 Å². The fourth-order valence-electron chi connectivity index (χ4n) is 2.46. The Morgan fingerprint density at radius 1 is 1.46 bits per heavy atom. The standard InChI is InChI=1S/C11H13ClO/c1-11-5-4-8(7-13)10(11)3-2-9(12)6-11/h6-7H,2-5H2,1H3/t11-/m1/s1. The van der Waals surface area contributed by atoms with Gasteiger partial charge in [-0.05, 0) is 31.3 Å². The Morgan fingerprint density at radius 2 is 2.23 bits per heavy atom. The summed E-state index contributed by atoms with van der Waals surface area (Å²) in [5.74, 6) is 0. The van der Waals surface area contributed by atoms with Crippen molar-refractivity contribution in [3.05, 3.63) is 22.3 Å². The maximum absolute atomic E-state index is 10.8. The van der Waals surface area contributed by atoms with E-state index in [-0.39, 0.29) is 5.41 Å². The number of aldehydes is 1. The van der Waals surface area contributed by atoms with Crippen molar-refractivity contribution in [3.63, 3.8) is 0 Å². The maximum Gasteiger partial charge on any atom is 0.146 e. The Labute approximate surface area is 83.5 Å². The molecule has 0 spiro atoms. The summed E-state index contributed by atoms with van der Waals surface area (Å²) >= 11 is 6.01. The van der Waals surface area contributed by atoms with Gasteiger partial charge in [0, 0.05) is 10.4 Å². The van der Waals surface area contributed by atoms with Crippen LogP contribution in [-0.4, -0.2) is 6.29 Å². The molecule has 1 atom stereocenters. The first kappa shape index (κ1) is 9.01. The van der Waals surface area contributed by atoms with Gasteiger partial charge < -0.3 is 0 Å². The summed E-state index contributed by atoms with van der Waals surface area (Å²) in [6.07, 6.45) is 7.00. The second-order valence-corrected chi connectivity index (χ2v) is 4.62. The lowest BCUT2D eigenvalue weighted by atomic mass is 9.77. The summed E-state index contributed by atoms with van der Waals surface area (Å²) in [6, 6.07) is 0. The van der Waals surface area contributed by atoms with Gasteiger partial charge in [0.25, 0.3) is 0 Å². The fourth-order valence-corrected chi connectivity index (χ4v) is 2.80. The molecule has 1 nitrogen and oxygen atoms in total. The summed E-state index contributed by atoms with van der Waals surface area (Å²) in [5, 5.41) is 0.957. The van der Waals surface area contributed by atoms with Crippen LogP contribution in [0.15, 0.2) is 22.3 Å². The number of hydrogen-bond donors (Lipinski definition) is 0. The van der Waals surface area contributed by atoms with Crippen LogP contribution in [0, 0.1) is 5.41 Å². The number of carbonyl (C=O) groups is 1. The highest BCUT2D eigenvalue weighted by Gasteiger charge is 2.36. The van der Waals surface area contributed by atoms with Gasteiger partial charge >= 0.3 is 0 Å². The Balaban J connectivity index is 2.45. The summed E-state index contributed by atoms with van der Waals surface area (Å²) < 4.78 is 0. The van der Waals surface area contributed by atoms with E-state index in [0.29, 0.717) is 0 Å². The van der Waals surface area contributed by atoms with Crippen LogP contribution < -0.4 is 0 Å². The van der Waals surface area contributed by atoms with Gasteiger partial charge in [0.15, 0.2) is 0 Å². The van der Waals surface area contributed by atoms with Crippen molar-refractivity contribution in [3.8, 4) is 0 Å². The lowest BCUT2D eigenvalue weighted by molar-refractivity contribution is -0.105. The summed E-state index contributed by atoms with van der Waals surface area (Å²) in [7, 11) is 0. The van der Waals surface area contributed by atoms with Crippen LogP contribution in [0.5, 0.6) is 0 Å². The van der Waals surface area contributed by atoms with Gasteiger partial charge in [0.2, 0.25) is 0 Å². The van der Waals surface area contributed by atoms with E-state index < -0.39 is 0 Å². The molecule has 2 rings (SSSR count). The van der Waals surface area contributed by atoms with Crippen molar-refractivity contribution in [2.75, 3.05) is 0 Å². The number of allylic oxidation sites excluding steroid dienone is 4. The molecule has 0 aromatic carbocycles. The molecule has 2 heteroatoms. The summed E-state index contributed by atoms with van der Waals surface area (Å²) in [4.78, 5) is 10.8. The molecule has 0 fully saturated rings. The molecule has 2 aliphatic rings. The molecule has 0 saturated heterocycles. The molecule has 0 amide bonds. The molecule has 0 bridgehead atoms. The van der Waals surface area contributed by atoms with Gasteiger partial charge in [-0.2, -0.15) is 0 Å². The topological polar surface area (TPSA) is 17.1 Å². The highest BCUT2D eigenvalue weighted by Crippen LogP contribution is 2.49. The smallest absolute Gasteiger partial charge is 0.146 e. The van der Waals surface area contributed by atoms with Crippen molar-refractivity contribution in [2.24, 2.45) is 5.41 Å². The Hall–Kier alpha value is -0.560. The minimum absolute atomic E-state index is 0.0889. The zero-order valence-corrected chi connectivity index (χ0v) is 8.53. The second-order valence-electron chi connectivity index (χ2n) is 4.13. The first-order valence-corrected chi connectivity index (χ1v) is 5.08. The van der Waals surface area contributed by atoms with Gasteiger partial charge in [0.1, 0.15) is 6.29 Å². The summed E-state index contributed by atoms with van der Waals surface area (Å²) in [6.45, 7) is 2.18. The molecule has 0 saturated carbocycles. The van der Waals surface area contributed by atoms with Crippen LogP contribution in [0.1, 0.15) is 32.6 Å². The molecule has 70 valence electrons. The number of rotatable bonds is 1. The third kappa shape index (κ3) is 1.35. The maximum atomic E-state index is 10.8. The molecule has 0 aromatic rings. The molecule has 0 N–H and O–H groups in total. The minimum Gasteiger partial charge on any atom is -0.298 e. The molecular formula is C11H13ClO. The Kier molecular flexibility index (Phi) is 2.07. The zero-order chi connectivity index (χ0) is 9.47. The first-order chi connectivity index (χ1) is 6.15. The van der Waals surface area contributed by atoms with E-state index in [1.165, 1.54) is 5.57 Å². The largest absolute Gasteiger partial charge is 0.298 e. The van der Waals surface area contributed by atoms with Gasteiger partial charge in [-0.1, -0.05) is 30.2 Å². The molecule has 0 aromatic heterocycles. The number of fused-ring (bicyclic) bond motifs is 1. The molecule has 0 heterocycles. The lowest BCUT2D eigenvalue weighted by Gasteiger charge is -2.29. The van der Waals surface area contributed by atoms with E-state index in [1.807, 2.05) is 0 Å². The van der Waals surface area contributed by atoms with Crippen molar-refractivity contribution >= 4 is 17.9 Å². The van der Waals surface area contributed by atoms with Crippen LogP contribution in [0.25, 0.3) is 0 Å². The van der Waals surface area contributed by atoms with E-state index in [0.717, 1.165) is 42.6 Å². The number of halogens is 1. The van der Waals surface area contributed by atoms with Crippen molar-refractivity contribution in [1.82, 2.24) is 0 Å². The van der Waals surface area contributed by atoms with E-state index in [2.05, 4.69) is 13.0 Å². The lowest BCUT2D eigenvalue weighted by Crippen LogP contribution is -2.16. The van der Waals surface area contributed by atoms with Crippen LogP contribution in [-0.2, 0) is 4.79 Å². The van der Waals surface area contributed by atoms with E-state index >= 15 is 0 Å². The van der Waals surface area contributed by atoms with Crippen LogP contribution in [0.3, 0.4) is 0 Å². The molecule has 0 aliphatic heterocycles. The van der Waals surface area contributed by atoms with Crippen LogP contribution in [0.4, 0.5) is 0 Å². The molecular weight excluding hydrogens is 184 g/mol. The van der Waals surface area contributed by atoms with Crippen LogP contribution >= 0.6 is 11.6 Å². The monoisotopic (exact) mass is 196 g/mol. The van der Waals surface area contributed by atoms with Crippen molar-refractivity contribution in [1.29, 1.82) is 0 Å². The van der Waals surface area contributed by atoms with E-state index in [1.54, 1.807) is 0 Å². The number of hydrogen-bond acceptors (Lipinski definition) is 1. The van der Waals surface area contributed by atoms with Gasteiger partial charge in [0.05, 0.1) is 0 Å². The highest BCUT2D eigenvalue weighted by atomic mass is 35.5. The normalized spacial score (nSPS) is 32.9. The molecule has 2 aliphatic carbocycles. The minimum atomic E-state index is 0.0889. The third-order valence-electron chi connectivity index (χ3n) is 3.22. The average molecular weight is 197 g/mol. The van der Waals surface area contributed by atoms with E-state index in [9.17, 15) is 4.79 Å². The Bertz CT molecular complexity index is 314. The van der Waals surface area contributed by atoms with Gasteiger partial charge in [-0.15, -0.1) is 0 Å². The highest BCUT2D eigenvalue weighted by molar-refractivity contribution is 6.29. The molecule has 0 unspecified atom stereocenters. The SMILES string of the molecule is C[C@@]12C=C(Cl)CCC1=C(C=O)CC2. The number of carbonyl (C=O) groups excluding carboxylic acids is 1. The fraction of sp³-hybridized carbons (Fsp3) is 0.545. The van der Waals surface area contributed by atoms with E-state index in [4.69, 9.17) is 11.6 Å². The average Bonchev–Trinajstić information content (AvgIpc) is 2.40. The quantitative estimate of drug-likeness (QED) is 0.589. The molecule has 13 heavy (non-hydrogen) atoms. The third-order valence-corrected chi connectivity index (χ3v) is 3.52. The van der Waals surface area contributed by atoms with Crippen molar-refractivity contribution < 1.29 is 4.79 Å². The first-order valence-electron chi connectivity index (χ1n) is 4.70. The summed E-state index contributed by atoms with van der Waals surface area (Å²) in [5.41, 5.74) is 2.43. The molecule has 0 radical (unpaired) electrons. The van der Waals surface area contributed by atoms with Gasteiger partial charge in [-0.3, -0.25) is 4.79 Å².